The lowest BCUT2D eigenvalue weighted by atomic mass is 10.2. The molecule has 0 aliphatic heterocycles. The van der Waals surface area contributed by atoms with Crippen LogP contribution in [0.4, 0.5) is 28.8 Å². The topological polar surface area (TPSA) is 106 Å². The van der Waals surface area contributed by atoms with E-state index in [0.717, 1.165) is 17.1 Å². The normalized spacial score (nSPS) is 10.7. The van der Waals surface area contributed by atoms with Gasteiger partial charge in [0, 0.05) is 40.5 Å². The molecule has 2 heterocycles. The number of pyridine rings is 1. The fourth-order valence-corrected chi connectivity index (χ4v) is 2.74. The van der Waals surface area contributed by atoms with Gasteiger partial charge in [-0.15, -0.1) is 0 Å². The molecular weight excluding hydrogens is 370 g/mol. The van der Waals surface area contributed by atoms with E-state index >= 15 is 0 Å². The van der Waals surface area contributed by atoms with Crippen molar-refractivity contribution in [1.82, 2.24) is 9.97 Å². The van der Waals surface area contributed by atoms with Crippen LogP contribution < -0.4 is 10.6 Å². The first-order valence-electron chi connectivity index (χ1n) is 7.87. The molecule has 0 atom stereocenters. The van der Waals surface area contributed by atoms with E-state index in [2.05, 4.69) is 20.6 Å². The van der Waals surface area contributed by atoms with Gasteiger partial charge in [0.15, 0.2) is 0 Å². The first kappa shape index (κ1) is 16.8. The Bertz CT molecular complexity index is 1110. The standard InChI is InChI=1S/C18H12ClN5O3/c19-11-9-15-17(16(10-11)24(25)26)27-18(23-15)22-13-3-1-12(2-4-13)21-14-5-7-20-8-6-14/h1-10H,(H,20,21)(H,22,23). The molecule has 0 saturated carbocycles. The van der Waals surface area contributed by atoms with Crippen molar-refractivity contribution in [2.24, 2.45) is 0 Å². The van der Waals surface area contributed by atoms with Crippen LogP contribution in [0.15, 0.2) is 65.3 Å². The van der Waals surface area contributed by atoms with Gasteiger partial charge in [-0.05, 0) is 42.5 Å². The summed E-state index contributed by atoms with van der Waals surface area (Å²) in [5.74, 6) is 0. The second-order valence-corrected chi connectivity index (χ2v) is 6.05. The fraction of sp³-hybridized carbons (Fsp3) is 0. The molecule has 0 amide bonds. The molecule has 0 unspecified atom stereocenters. The summed E-state index contributed by atoms with van der Waals surface area (Å²) in [5.41, 5.74) is 2.70. The van der Waals surface area contributed by atoms with Gasteiger partial charge < -0.3 is 15.1 Å². The average molecular weight is 382 g/mol. The van der Waals surface area contributed by atoms with Crippen LogP contribution in [-0.2, 0) is 0 Å². The second kappa shape index (κ2) is 6.93. The highest BCUT2D eigenvalue weighted by molar-refractivity contribution is 6.31. The minimum Gasteiger partial charge on any atom is -0.416 e. The molecule has 0 radical (unpaired) electrons. The lowest BCUT2D eigenvalue weighted by molar-refractivity contribution is -0.383. The average Bonchev–Trinajstić information content (AvgIpc) is 3.05. The monoisotopic (exact) mass is 381 g/mol. The molecule has 4 aromatic rings. The third-order valence-electron chi connectivity index (χ3n) is 3.74. The van der Waals surface area contributed by atoms with Crippen molar-refractivity contribution < 1.29 is 9.34 Å². The zero-order valence-electron chi connectivity index (χ0n) is 13.7. The van der Waals surface area contributed by atoms with Crippen LogP contribution in [0.3, 0.4) is 0 Å². The highest BCUT2D eigenvalue weighted by Crippen LogP contribution is 2.32. The number of nitro benzene ring substituents is 1. The van der Waals surface area contributed by atoms with Crippen LogP contribution in [0.25, 0.3) is 11.1 Å². The summed E-state index contributed by atoms with van der Waals surface area (Å²) < 4.78 is 5.50. The molecule has 0 aliphatic rings. The maximum absolute atomic E-state index is 11.2. The largest absolute Gasteiger partial charge is 0.416 e. The maximum atomic E-state index is 11.2. The number of anilines is 4. The van der Waals surface area contributed by atoms with Gasteiger partial charge in [-0.3, -0.25) is 15.1 Å². The van der Waals surface area contributed by atoms with E-state index in [4.69, 9.17) is 16.0 Å². The summed E-state index contributed by atoms with van der Waals surface area (Å²) in [6, 6.07) is 14.0. The van der Waals surface area contributed by atoms with Crippen molar-refractivity contribution in [2.45, 2.75) is 0 Å². The second-order valence-electron chi connectivity index (χ2n) is 5.61. The molecule has 8 nitrogen and oxygen atoms in total. The third kappa shape index (κ3) is 3.65. The first-order chi connectivity index (χ1) is 13.1. The zero-order valence-corrected chi connectivity index (χ0v) is 14.5. The third-order valence-corrected chi connectivity index (χ3v) is 3.96. The number of hydrogen-bond acceptors (Lipinski definition) is 7. The predicted molar refractivity (Wildman–Crippen MR) is 103 cm³/mol. The predicted octanol–water partition coefficient (Wildman–Crippen LogP) is 5.27. The molecule has 134 valence electrons. The Kier molecular flexibility index (Phi) is 4.31. The lowest BCUT2D eigenvalue weighted by Gasteiger charge is -2.07. The SMILES string of the molecule is O=[N+]([O-])c1cc(Cl)cc2nc(Nc3ccc(Nc4ccncc4)cc3)oc12. The number of hydrogen-bond donors (Lipinski definition) is 2. The molecule has 2 N–H and O–H groups in total. The van der Waals surface area contributed by atoms with Gasteiger partial charge in [0.05, 0.1) is 4.92 Å². The number of halogens is 1. The fourth-order valence-electron chi connectivity index (χ4n) is 2.53. The minimum absolute atomic E-state index is 0.0721. The molecule has 2 aromatic heterocycles. The summed E-state index contributed by atoms with van der Waals surface area (Å²) in [6.07, 6.45) is 3.41. The Hall–Kier alpha value is -3.65. The van der Waals surface area contributed by atoms with E-state index in [1.54, 1.807) is 12.4 Å². The highest BCUT2D eigenvalue weighted by Gasteiger charge is 2.19. The van der Waals surface area contributed by atoms with Gasteiger partial charge in [0.25, 0.3) is 0 Å². The molecule has 4 rings (SSSR count). The molecule has 0 spiro atoms. The van der Waals surface area contributed by atoms with E-state index in [9.17, 15) is 10.1 Å². The number of nitro groups is 1. The van der Waals surface area contributed by atoms with E-state index in [-0.39, 0.29) is 22.3 Å². The van der Waals surface area contributed by atoms with Crippen molar-refractivity contribution in [3.8, 4) is 0 Å². The quantitative estimate of drug-likeness (QED) is 0.358. The Labute approximate surface area is 158 Å². The van der Waals surface area contributed by atoms with Gasteiger partial charge in [0.2, 0.25) is 5.58 Å². The van der Waals surface area contributed by atoms with Crippen molar-refractivity contribution in [2.75, 3.05) is 10.6 Å². The van der Waals surface area contributed by atoms with Crippen molar-refractivity contribution >= 4 is 51.5 Å². The van der Waals surface area contributed by atoms with Crippen LogP contribution in [0.1, 0.15) is 0 Å². The van der Waals surface area contributed by atoms with Gasteiger partial charge >= 0.3 is 11.7 Å². The summed E-state index contributed by atoms with van der Waals surface area (Å²) in [5, 5.41) is 17.6. The summed E-state index contributed by atoms with van der Waals surface area (Å²) in [7, 11) is 0. The van der Waals surface area contributed by atoms with Crippen LogP contribution in [-0.4, -0.2) is 14.9 Å². The first-order valence-corrected chi connectivity index (χ1v) is 8.25. The summed E-state index contributed by atoms with van der Waals surface area (Å²) >= 11 is 5.90. The number of non-ortho nitro benzene ring substituents is 1. The van der Waals surface area contributed by atoms with Crippen molar-refractivity contribution in [3.63, 3.8) is 0 Å². The molecule has 0 aliphatic carbocycles. The molecule has 0 bridgehead atoms. The zero-order chi connectivity index (χ0) is 18.8. The number of fused-ring (bicyclic) bond motifs is 1. The highest BCUT2D eigenvalue weighted by atomic mass is 35.5. The van der Waals surface area contributed by atoms with Gasteiger partial charge in [-0.1, -0.05) is 11.6 Å². The number of nitrogens with zero attached hydrogens (tertiary/aromatic N) is 3. The molecule has 9 heteroatoms. The lowest BCUT2D eigenvalue weighted by Crippen LogP contribution is -1.92. The molecule has 27 heavy (non-hydrogen) atoms. The smallest absolute Gasteiger partial charge is 0.315 e. The van der Waals surface area contributed by atoms with Crippen molar-refractivity contribution in [3.05, 3.63) is 76.1 Å². The van der Waals surface area contributed by atoms with E-state index in [1.807, 2.05) is 36.4 Å². The van der Waals surface area contributed by atoms with Gasteiger partial charge in [-0.25, -0.2) is 0 Å². The van der Waals surface area contributed by atoms with Crippen LogP contribution in [0.5, 0.6) is 0 Å². The maximum Gasteiger partial charge on any atom is 0.315 e. The molecule has 0 saturated heterocycles. The molecular formula is C18H12ClN5O3. The van der Waals surface area contributed by atoms with E-state index in [0.29, 0.717) is 5.52 Å². The Morgan fingerprint density at radius 1 is 0.963 bits per heavy atom. The van der Waals surface area contributed by atoms with Crippen LogP contribution in [0.2, 0.25) is 5.02 Å². The Morgan fingerprint density at radius 3 is 2.26 bits per heavy atom. The Morgan fingerprint density at radius 2 is 1.59 bits per heavy atom. The summed E-state index contributed by atoms with van der Waals surface area (Å²) in [4.78, 5) is 18.8. The number of oxazole rings is 1. The number of nitrogens with one attached hydrogen (secondary N) is 2. The van der Waals surface area contributed by atoms with Gasteiger partial charge in [0.1, 0.15) is 5.52 Å². The van der Waals surface area contributed by atoms with E-state index in [1.165, 1.54) is 12.1 Å². The van der Waals surface area contributed by atoms with Gasteiger partial charge in [-0.2, -0.15) is 4.98 Å². The number of benzene rings is 2. The van der Waals surface area contributed by atoms with Crippen LogP contribution >= 0.6 is 11.6 Å². The van der Waals surface area contributed by atoms with Crippen molar-refractivity contribution in [1.29, 1.82) is 0 Å². The molecule has 2 aromatic carbocycles. The molecule has 0 fully saturated rings. The number of rotatable bonds is 5. The van der Waals surface area contributed by atoms with Crippen LogP contribution in [0, 0.1) is 10.1 Å². The Balaban J connectivity index is 1.55. The minimum atomic E-state index is -0.553. The summed E-state index contributed by atoms with van der Waals surface area (Å²) in [6.45, 7) is 0. The van der Waals surface area contributed by atoms with E-state index < -0.39 is 4.92 Å². The number of aromatic nitrogens is 2.